The summed E-state index contributed by atoms with van der Waals surface area (Å²) < 4.78 is 73.4. The highest BCUT2D eigenvalue weighted by Gasteiger charge is 2.42. The number of hydrogen-bond donors (Lipinski definition) is 0. The van der Waals surface area contributed by atoms with Crippen molar-refractivity contribution in [3.05, 3.63) is 51.9 Å². The predicted octanol–water partition coefficient (Wildman–Crippen LogP) is 4.89. The molecular formula is C19H18F5N3O2S. The van der Waals surface area contributed by atoms with Crippen LogP contribution in [0.5, 0.6) is 0 Å². The van der Waals surface area contributed by atoms with E-state index in [1.807, 2.05) is 0 Å². The minimum absolute atomic E-state index is 0.156. The first-order chi connectivity index (χ1) is 13.9. The summed E-state index contributed by atoms with van der Waals surface area (Å²) in [5.41, 5.74) is -4.19. The minimum Gasteiger partial charge on any atom is -0.465 e. The smallest absolute Gasteiger partial charge is 0.434 e. The van der Waals surface area contributed by atoms with Crippen LogP contribution in [0.1, 0.15) is 64.7 Å². The highest BCUT2D eigenvalue weighted by molar-refractivity contribution is 7.81. The zero-order valence-corrected chi connectivity index (χ0v) is 17.3. The second kappa shape index (κ2) is 9.07. The molecule has 0 radical (unpaired) electrons. The average molecular weight is 447 g/mol. The third-order valence-electron chi connectivity index (χ3n) is 4.03. The molecule has 0 saturated heterocycles. The highest BCUT2D eigenvalue weighted by atomic mass is 32.1. The molecule has 0 atom stereocenters. The standard InChI is InChI=1S/C19H18F5N3O2S/c1-8(2)7-10-11(18(28)29-4)13(16(20)21)27-15(19(22,23)24)12(10)14(30)17-25-6-5-9(3)26-17/h5-6,8,16H,7H2,1-4H3. The Morgan fingerprint density at radius 1 is 1.20 bits per heavy atom. The Morgan fingerprint density at radius 2 is 1.83 bits per heavy atom. The first kappa shape index (κ1) is 23.7. The van der Waals surface area contributed by atoms with Gasteiger partial charge in [0.05, 0.1) is 17.5 Å². The molecule has 2 heterocycles. The maximum Gasteiger partial charge on any atom is 0.434 e. The number of pyridine rings is 1. The van der Waals surface area contributed by atoms with Gasteiger partial charge in [-0.3, -0.25) is 0 Å². The number of rotatable bonds is 6. The maximum atomic E-state index is 13.9. The number of carbonyl (C=O) groups excluding carboxylic acids is 1. The number of aromatic nitrogens is 3. The second-order valence-corrected chi connectivity index (χ2v) is 7.22. The fraction of sp³-hybridized carbons (Fsp3) is 0.421. The predicted molar refractivity (Wildman–Crippen MR) is 102 cm³/mol. The number of carbonyl (C=O) groups is 1. The van der Waals surface area contributed by atoms with E-state index >= 15 is 0 Å². The van der Waals surface area contributed by atoms with Gasteiger partial charge in [-0.15, -0.1) is 0 Å². The minimum atomic E-state index is -5.12. The van der Waals surface area contributed by atoms with Gasteiger partial charge in [0.25, 0.3) is 6.43 Å². The molecule has 0 aromatic carbocycles. The summed E-state index contributed by atoms with van der Waals surface area (Å²) in [6, 6.07) is 1.52. The lowest BCUT2D eigenvalue weighted by molar-refractivity contribution is -0.141. The monoisotopic (exact) mass is 447 g/mol. The Labute approximate surface area is 174 Å². The number of alkyl halides is 5. The molecule has 0 aliphatic heterocycles. The summed E-state index contributed by atoms with van der Waals surface area (Å²) in [4.78, 5) is 22.9. The fourth-order valence-electron chi connectivity index (χ4n) is 2.87. The van der Waals surface area contributed by atoms with Crippen LogP contribution in [0, 0.1) is 12.8 Å². The molecule has 2 aromatic heterocycles. The Kier molecular flexibility index (Phi) is 7.17. The SMILES string of the molecule is COC(=O)c1c(C(F)F)nc(C(F)(F)F)c(C(=S)c2nccc(C)n2)c1CC(C)C. The van der Waals surface area contributed by atoms with Crippen molar-refractivity contribution in [1.29, 1.82) is 0 Å². The Morgan fingerprint density at radius 3 is 2.30 bits per heavy atom. The van der Waals surface area contributed by atoms with E-state index in [1.165, 1.54) is 12.3 Å². The van der Waals surface area contributed by atoms with Crippen LogP contribution in [0.4, 0.5) is 22.0 Å². The quantitative estimate of drug-likeness (QED) is 0.272. The first-order valence-corrected chi connectivity index (χ1v) is 9.14. The summed E-state index contributed by atoms with van der Waals surface area (Å²) in [5.74, 6) is -1.73. The van der Waals surface area contributed by atoms with Crippen molar-refractivity contribution in [1.82, 2.24) is 15.0 Å². The molecule has 162 valence electrons. The van der Waals surface area contributed by atoms with Crippen LogP contribution < -0.4 is 0 Å². The molecule has 2 rings (SSSR count). The summed E-state index contributed by atoms with van der Waals surface area (Å²) in [6.07, 6.45) is -7.41. The van der Waals surface area contributed by atoms with Crippen LogP contribution in [-0.2, 0) is 17.3 Å². The van der Waals surface area contributed by atoms with Crippen LogP contribution in [0.2, 0.25) is 0 Å². The Hall–Kier alpha value is -2.56. The van der Waals surface area contributed by atoms with Gasteiger partial charge in [0.1, 0.15) is 5.69 Å². The van der Waals surface area contributed by atoms with Crippen molar-refractivity contribution >= 4 is 23.1 Å². The second-order valence-electron chi connectivity index (χ2n) is 6.81. The van der Waals surface area contributed by atoms with Crippen molar-refractivity contribution in [3.63, 3.8) is 0 Å². The first-order valence-electron chi connectivity index (χ1n) is 8.73. The molecule has 30 heavy (non-hydrogen) atoms. The summed E-state index contributed by atoms with van der Waals surface area (Å²) in [6.45, 7) is 4.91. The lowest BCUT2D eigenvalue weighted by atomic mass is 9.89. The van der Waals surface area contributed by atoms with Crippen molar-refractivity contribution in [2.45, 2.75) is 39.8 Å². The molecule has 0 aliphatic carbocycles. The number of ether oxygens (including phenoxy) is 1. The van der Waals surface area contributed by atoms with E-state index in [0.29, 0.717) is 5.69 Å². The van der Waals surface area contributed by atoms with E-state index in [1.54, 1.807) is 20.8 Å². The van der Waals surface area contributed by atoms with Gasteiger partial charge in [-0.2, -0.15) is 13.2 Å². The van der Waals surface area contributed by atoms with Crippen LogP contribution in [0.3, 0.4) is 0 Å². The molecule has 0 N–H and O–H groups in total. The number of halogens is 5. The van der Waals surface area contributed by atoms with E-state index in [9.17, 15) is 26.7 Å². The van der Waals surface area contributed by atoms with Gasteiger partial charge < -0.3 is 4.74 Å². The molecule has 0 aliphatic rings. The van der Waals surface area contributed by atoms with Gasteiger partial charge in [-0.05, 0) is 30.9 Å². The van der Waals surface area contributed by atoms with Crippen LogP contribution >= 0.6 is 12.2 Å². The molecule has 11 heteroatoms. The molecule has 0 fully saturated rings. The number of nitrogens with zero attached hydrogens (tertiary/aromatic N) is 3. The van der Waals surface area contributed by atoms with Crippen LogP contribution in [-0.4, -0.2) is 32.9 Å². The van der Waals surface area contributed by atoms with E-state index in [4.69, 9.17) is 12.2 Å². The van der Waals surface area contributed by atoms with E-state index in [2.05, 4.69) is 19.7 Å². The van der Waals surface area contributed by atoms with E-state index in [-0.39, 0.29) is 23.7 Å². The molecule has 0 bridgehead atoms. The summed E-state index contributed by atoms with van der Waals surface area (Å²) >= 11 is 5.23. The molecule has 2 aromatic rings. The largest absolute Gasteiger partial charge is 0.465 e. The fourth-order valence-corrected chi connectivity index (χ4v) is 3.19. The van der Waals surface area contributed by atoms with Crippen molar-refractivity contribution in [3.8, 4) is 0 Å². The number of aryl methyl sites for hydroxylation is 1. The van der Waals surface area contributed by atoms with Gasteiger partial charge in [-0.25, -0.2) is 28.5 Å². The van der Waals surface area contributed by atoms with E-state index < -0.39 is 46.0 Å². The molecular weight excluding hydrogens is 429 g/mol. The molecule has 0 unspecified atom stereocenters. The molecule has 0 amide bonds. The van der Waals surface area contributed by atoms with Gasteiger partial charge in [-0.1, -0.05) is 26.1 Å². The maximum absolute atomic E-state index is 13.9. The average Bonchev–Trinajstić information content (AvgIpc) is 2.64. The third-order valence-corrected chi connectivity index (χ3v) is 4.42. The van der Waals surface area contributed by atoms with Crippen molar-refractivity contribution in [2.75, 3.05) is 7.11 Å². The summed E-state index contributed by atoms with van der Waals surface area (Å²) in [7, 11) is 0.941. The van der Waals surface area contributed by atoms with Crippen molar-refractivity contribution in [2.24, 2.45) is 5.92 Å². The highest BCUT2D eigenvalue weighted by Crippen LogP contribution is 2.38. The van der Waals surface area contributed by atoms with Gasteiger partial charge in [0, 0.05) is 17.5 Å². The zero-order chi connectivity index (χ0) is 22.8. The topological polar surface area (TPSA) is 65.0 Å². The van der Waals surface area contributed by atoms with Gasteiger partial charge >= 0.3 is 12.1 Å². The van der Waals surface area contributed by atoms with Gasteiger partial charge in [0.2, 0.25) is 0 Å². The zero-order valence-electron chi connectivity index (χ0n) is 16.5. The number of methoxy groups -OCH3 is 1. The Bertz CT molecular complexity index is 977. The van der Waals surface area contributed by atoms with Gasteiger partial charge in [0.15, 0.2) is 11.5 Å². The molecule has 0 spiro atoms. The lowest BCUT2D eigenvalue weighted by Crippen LogP contribution is -2.25. The van der Waals surface area contributed by atoms with Crippen LogP contribution in [0.25, 0.3) is 0 Å². The number of thiocarbonyl (C=S) groups is 1. The molecule has 5 nitrogen and oxygen atoms in total. The number of hydrogen-bond acceptors (Lipinski definition) is 6. The Balaban J connectivity index is 3.01. The van der Waals surface area contributed by atoms with Crippen molar-refractivity contribution < 1.29 is 31.5 Å². The lowest BCUT2D eigenvalue weighted by Gasteiger charge is -2.22. The number of esters is 1. The molecule has 0 saturated carbocycles. The normalized spacial score (nSPS) is 11.8. The van der Waals surface area contributed by atoms with Crippen LogP contribution in [0.15, 0.2) is 12.3 Å². The third kappa shape index (κ3) is 4.94. The summed E-state index contributed by atoms with van der Waals surface area (Å²) in [5, 5.41) is 0. The van der Waals surface area contributed by atoms with E-state index in [0.717, 1.165) is 7.11 Å².